The smallest absolute Gasteiger partial charge is 0.132 e. The molecule has 0 bridgehead atoms. The Morgan fingerprint density at radius 1 is 1.57 bits per heavy atom. The zero-order valence-electron chi connectivity index (χ0n) is 9.12. The fourth-order valence-corrected chi connectivity index (χ4v) is 2.84. The summed E-state index contributed by atoms with van der Waals surface area (Å²) >= 11 is 1.97. The van der Waals surface area contributed by atoms with Crippen LogP contribution in [0, 0.1) is 0 Å². The lowest BCUT2D eigenvalue weighted by atomic mass is 10.2. The van der Waals surface area contributed by atoms with Gasteiger partial charge in [0.25, 0.3) is 0 Å². The summed E-state index contributed by atoms with van der Waals surface area (Å²) in [4.78, 5) is 11.0. The molecular weight excluding hydrogens is 196 g/mol. The summed E-state index contributed by atoms with van der Waals surface area (Å²) in [5.41, 5.74) is 0. The predicted octanol–water partition coefficient (Wildman–Crippen LogP) is 2.66. The Labute approximate surface area is 90.8 Å². The molecule has 2 nitrogen and oxygen atoms in total. The van der Waals surface area contributed by atoms with E-state index in [4.69, 9.17) is 4.74 Å². The van der Waals surface area contributed by atoms with E-state index in [1.165, 1.54) is 6.42 Å². The molecule has 0 aliphatic carbocycles. The van der Waals surface area contributed by atoms with Crippen LogP contribution in [0.25, 0.3) is 0 Å². The van der Waals surface area contributed by atoms with E-state index in [9.17, 15) is 4.79 Å². The van der Waals surface area contributed by atoms with E-state index in [1.54, 1.807) is 0 Å². The van der Waals surface area contributed by atoms with Crippen molar-refractivity contribution in [2.24, 2.45) is 0 Å². The number of thioether (sulfide) groups is 1. The van der Waals surface area contributed by atoms with Crippen LogP contribution in [-0.2, 0) is 9.53 Å². The Bertz CT molecular complexity index is 182. The number of hydrogen-bond acceptors (Lipinski definition) is 3. The number of ketones is 1. The van der Waals surface area contributed by atoms with Crippen LogP contribution in [0.1, 0.15) is 39.5 Å². The maximum atomic E-state index is 11.0. The molecule has 1 aliphatic heterocycles. The van der Waals surface area contributed by atoms with Gasteiger partial charge >= 0.3 is 0 Å². The minimum atomic E-state index is 0.390. The summed E-state index contributed by atoms with van der Waals surface area (Å²) < 4.78 is 5.48. The lowest BCUT2D eigenvalue weighted by Gasteiger charge is -2.12. The number of hydrogen-bond donors (Lipinski definition) is 0. The minimum Gasteiger partial charge on any atom is -0.377 e. The van der Waals surface area contributed by atoms with Gasteiger partial charge < -0.3 is 4.74 Å². The highest BCUT2D eigenvalue weighted by Crippen LogP contribution is 2.26. The lowest BCUT2D eigenvalue weighted by molar-refractivity contribution is -0.118. The number of Topliss-reactive ketones (excluding diaryl/α,β-unsaturated/α-hetero) is 1. The highest BCUT2D eigenvalue weighted by atomic mass is 32.2. The number of carbonyl (C=O) groups excluding carboxylic acids is 1. The molecule has 0 spiro atoms. The monoisotopic (exact) mass is 216 g/mol. The number of carbonyl (C=O) groups is 1. The second-order valence-corrected chi connectivity index (χ2v) is 5.12. The zero-order chi connectivity index (χ0) is 10.4. The Kier molecular flexibility index (Phi) is 5.56. The SMILES string of the molecule is CCC(=O)CCCSC1CCOC1C. The summed E-state index contributed by atoms with van der Waals surface area (Å²) in [5, 5.41) is 0.659. The molecule has 1 saturated heterocycles. The van der Waals surface area contributed by atoms with Crippen molar-refractivity contribution in [1.82, 2.24) is 0 Å². The Balaban J connectivity index is 2.01. The normalized spacial score (nSPS) is 26.7. The van der Waals surface area contributed by atoms with Gasteiger partial charge in [-0.15, -0.1) is 0 Å². The van der Waals surface area contributed by atoms with E-state index in [0.717, 1.165) is 25.2 Å². The van der Waals surface area contributed by atoms with Crippen molar-refractivity contribution in [2.75, 3.05) is 12.4 Å². The minimum absolute atomic E-state index is 0.390. The third-order valence-electron chi connectivity index (χ3n) is 2.63. The highest BCUT2D eigenvalue weighted by Gasteiger charge is 2.23. The Morgan fingerprint density at radius 2 is 2.36 bits per heavy atom. The van der Waals surface area contributed by atoms with Crippen molar-refractivity contribution in [1.29, 1.82) is 0 Å². The standard InChI is InChI=1S/C11H20O2S/c1-3-10(12)5-4-8-14-11-6-7-13-9(11)2/h9,11H,3-8H2,1-2H3. The van der Waals surface area contributed by atoms with Gasteiger partial charge in [0, 0.05) is 24.7 Å². The summed E-state index contributed by atoms with van der Waals surface area (Å²) in [7, 11) is 0. The molecule has 0 saturated carbocycles. The molecule has 2 unspecified atom stereocenters. The van der Waals surface area contributed by atoms with Gasteiger partial charge in [-0.1, -0.05) is 6.92 Å². The van der Waals surface area contributed by atoms with E-state index in [1.807, 2.05) is 18.7 Å². The van der Waals surface area contributed by atoms with Gasteiger partial charge in [-0.3, -0.25) is 4.79 Å². The van der Waals surface area contributed by atoms with Gasteiger partial charge in [-0.2, -0.15) is 11.8 Å². The van der Waals surface area contributed by atoms with Crippen LogP contribution in [0.2, 0.25) is 0 Å². The van der Waals surface area contributed by atoms with Crippen molar-refractivity contribution in [2.45, 2.75) is 50.9 Å². The third kappa shape index (κ3) is 4.01. The maximum absolute atomic E-state index is 11.0. The molecule has 0 aromatic rings. The molecule has 1 fully saturated rings. The van der Waals surface area contributed by atoms with Crippen molar-refractivity contribution < 1.29 is 9.53 Å². The average Bonchev–Trinajstić information content (AvgIpc) is 2.58. The van der Waals surface area contributed by atoms with Gasteiger partial charge in [-0.05, 0) is 25.5 Å². The maximum Gasteiger partial charge on any atom is 0.132 e. The molecule has 82 valence electrons. The summed E-state index contributed by atoms with van der Waals surface area (Å²) in [6.07, 6.45) is 4.05. The zero-order valence-corrected chi connectivity index (χ0v) is 9.94. The number of ether oxygens (including phenoxy) is 1. The first kappa shape index (κ1) is 12.1. The summed E-state index contributed by atoms with van der Waals surface area (Å²) in [6.45, 7) is 4.98. The quantitative estimate of drug-likeness (QED) is 0.638. The fraction of sp³-hybridized carbons (Fsp3) is 0.909. The molecule has 3 heteroatoms. The topological polar surface area (TPSA) is 26.3 Å². The van der Waals surface area contributed by atoms with Crippen molar-refractivity contribution >= 4 is 17.5 Å². The van der Waals surface area contributed by atoms with Gasteiger partial charge in [-0.25, -0.2) is 0 Å². The third-order valence-corrected chi connectivity index (χ3v) is 4.20. The van der Waals surface area contributed by atoms with Crippen LogP contribution in [0.4, 0.5) is 0 Å². The average molecular weight is 216 g/mol. The first-order chi connectivity index (χ1) is 6.74. The molecule has 0 aromatic heterocycles. The molecule has 1 rings (SSSR count). The first-order valence-corrected chi connectivity index (χ1v) is 6.53. The highest BCUT2D eigenvalue weighted by molar-refractivity contribution is 7.99. The van der Waals surface area contributed by atoms with Crippen molar-refractivity contribution in [3.8, 4) is 0 Å². The second kappa shape index (κ2) is 6.46. The summed E-state index contributed by atoms with van der Waals surface area (Å²) in [6, 6.07) is 0. The van der Waals surface area contributed by atoms with Crippen LogP contribution >= 0.6 is 11.8 Å². The molecule has 2 atom stereocenters. The predicted molar refractivity (Wildman–Crippen MR) is 60.8 cm³/mol. The van der Waals surface area contributed by atoms with Gasteiger partial charge in [0.15, 0.2) is 0 Å². The molecule has 0 radical (unpaired) electrons. The molecule has 1 aliphatic rings. The van der Waals surface area contributed by atoms with E-state index < -0.39 is 0 Å². The molecule has 0 N–H and O–H groups in total. The van der Waals surface area contributed by atoms with Crippen LogP contribution in [0.5, 0.6) is 0 Å². The first-order valence-electron chi connectivity index (χ1n) is 5.49. The van der Waals surface area contributed by atoms with Gasteiger partial charge in [0.2, 0.25) is 0 Å². The van der Waals surface area contributed by atoms with Crippen LogP contribution < -0.4 is 0 Å². The molecular formula is C11H20O2S. The summed E-state index contributed by atoms with van der Waals surface area (Å²) in [5.74, 6) is 1.49. The molecule has 1 heterocycles. The largest absolute Gasteiger partial charge is 0.377 e. The van der Waals surface area contributed by atoms with Crippen LogP contribution in [-0.4, -0.2) is 29.5 Å². The fourth-order valence-electron chi connectivity index (χ4n) is 1.61. The van der Waals surface area contributed by atoms with Gasteiger partial charge in [0.1, 0.15) is 5.78 Å². The Morgan fingerprint density at radius 3 is 2.93 bits per heavy atom. The van der Waals surface area contributed by atoms with E-state index >= 15 is 0 Å². The van der Waals surface area contributed by atoms with Crippen molar-refractivity contribution in [3.05, 3.63) is 0 Å². The van der Waals surface area contributed by atoms with Crippen LogP contribution in [0.3, 0.4) is 0 Å². The molecule has 0 aromatic carbocycles. The number of rotatable bonds is 6. The molecule has 0 amide bonds. The van der Waals surface area contributed by atoms with E-state index in [0.29, 0.717) is 23.6 Å². The second-order valence-electron chi connectivity index (χ2n) is 3.77. The van der Waals surface area contributed by atoms with E-state index in [-0.39, 0.29) is 0 Å². The van der Waals surface area contributed by atoms with Crippen LogP contribution in [0.15, 0.2) is 0 Å². The van der Waals surface area contributed by atoms with E-state index in [2.05, 4.69) is 6.92 Å². The van der Waals surface area contributed by atoms with Gasteiger partial charge in [0.05, 0.1) is 6.10 Å². The lowest BCUT2D eigenvalue weighted by Crippen LogP contribution is -2.14. The van der Waals surface area contributed by atoms with Crippen molar-refractivity contribution in [3.63, 3.8) is 0 Å². The Hall–Kier alpha value is -0.0200. The molecule has 14 heavy (non-hydrogen) atoms.